The summed E-state index contributed by atoms with van der Waals surface area (Å²) >= 11 is 0. The second-order valence-corrected chi connectivity index (χ2v) is 5.65. The largest absolute Gasteiger partial charge is 0.411 e. The van der Waals surface area contributed by atoms with Gasteiger partial charge < -0.3 is 10.1 Å². The maximum absolute atomic E-state index is 11.9. The zero-order valence-corrected chi connectivity index (χ0v) is 12.1. The van der Waals surface area contributed by atoms with E-state index in [0.717, 1.165) is 19.5 Å². The van der Waals surface area contributed by atoms with Crippen LogP contribution in [0.5, 0.6) is 0 Å². The number of hydrogen-bond acceptors (Lipinski definition) is 2. The van der Waals surface area contributed by atoms with Crippen LogP contribution < -0.4 is 5.32 Å². The number of halogens is 3. The van der Waals surface area contributed by atoms with E-state index in [1.807, 2.05) is 6.08 Å². The summed E-state index contributed by atoms with van der Waals surface area (Å²) in [5.74, 6) is 0.573. The first-order valence-corrected chi connectivity index (χ1v) is 6.67. The SMILES string of the molecule is C=CC(C)(CCCOCC(F)(F)F)CNCC(C)C. The van der Waals surface area contributed by atoms with Crippen molar-refractivity contribution >= 4 is 0 Å². The van der Waals surface area contributed by atoms with Crippen molar-refractivity contribution in [2.24, 2.45) is 11.3 Å². The molecule has 0 saturated carbocycles. The van der Waals surface area contributed by atoms with Gasteiger partial charge in [-0.3, -0.25) is 0 Å². The highest BCUT2D eigenvalue weighted by Gasteiger charge is 2.27. The molecule has 1 unspecified atom stereocenters. The van der Waals surface area contributed by atoms with Gasteiger partial charge in [0.15, 0.2) is 0 Å². The summed E-state index contributed by atoms with van der Waals surface area (Å²) in [6.45, 7) is 10.8. The molecule has 0 aliphatic carbocycles. The molecule has 0 aromatic carbocycles. The van der Waals surface area contributed by atoms with Crippen molar-refractivity contribution in [3.05, 3.63) is 12.7 Å². The molecule has 0 bridgehead atoms. The molecule has 1 N–H and O–H groups in total. The molecular formula is C14H26F3NO. The third-order valence-electron chi connectivity index (χ3n) is 2.88. The van der Waals surface area contributed by atoms with E-state index in [9.17, 15) is 13.2 Å². The summed E-state index contributed by atoms with van der Waals surface area (Å²) in [6, 6.07) is 0. The van der Waals surface area contributed by atoms with Crippen molar-refractivity contribution in [3.63, 3.8) is 0 Å². The highest BCUT2D eigenvalue weighted by molar-refractivity contribution is 4.93. The van der Waals surface area contributed by atoms with Gasteiger partial charge in [0.05, 0.1) is 0 Å². The molecule has 0 fully saturated rings. The first-order chi connectivity index (χ1) is 8.68. The molecule has 0 aliphatic heterocycles. The maximum atomic E-state index is 11.9. The lowest BCUT2D eigenvalue weighted by Crippen LogP contribution is -2.32. The summed E-state index contributed by atoms with van der Waals surface area (Å²) < 4.78 is 40.2. The minimum atomic E-state index is -4.24. The van der Waals surface area contributed by atoms with Crippen molar-refractivity contribution in [3.8, 4) is 0 Å². The minimum absolute atomic E-state index is 0.101. The smallest absolute Gasteiger partial charge is 0.372 e. The van der Waals surface area contributed by atoms with Crippen LogP contribution in [0.25, 0.3) is 0 Å². The van der Waals surface area contributed by atoms with Gasteiger partial charge in [0.2, 0.25) is 0 Å². The Labute approximate surface area is 114 Å². The molecule has 0 aromatic heterocycles. The van der Waals surface area contributed by atoms with Crippen molar-refractivity contribution in [2.45, 2.75) is 39.8 Å². The van der Waals surface area contributed by atoms with E-state index in [1.54, 1.807) is 0 Å². The number of hydrogen-bond donors (Lipinski definition) is 1. The number of alkyl halides is 3. The van der Waals surface area contributed by atoms with E-state index < -0.39 is 12.8 Å². The van der Waals surface area contributed by atoms with Crippen LogP contribution in [0.4, 0.5) is 13.2 Å². The molecule has 5 heteroatoms. The molecule has 0 spiro atoms. The van der Waals surface area contributed by atoms with Crippen LogP contribution in [-0.4, -0.2) is 32.5 Å². The summed E-state index contributed by atoms with van der Waals surface area (Å²) in [5, 5.41) is 3.35. The Morgan fingerprint density at radius 2 is 1.95 bits per heavy atom. The lowest BCUT2D eigenvalue weighted by Gasteiger charge is -2.26. The molecule has 19 heavy (non-hydrogen) atoms. The van der Waals surface area contributed by atoms with Gasteiger partial charge in [-0.2, -0.15) is 13.2 Å². The fraction of sp³-hybridized carbons (Fsp3) is 0.857. The molecule has 2 nitrogen and oxygen atoms in total. The summed E-state index contributed by atoms with van der Waals surface area (Å²) in [6.07, 6.45) is -1.01. The molecular weight excluding hydrogens is 255 g/mol. The lowest BCUT2D eigenvalue weighted by atomic mass is 9.85. The van der Waals surface area contributed by atoms with Crippen LogP contribution in [-0.2, 0) is 4.74 Å². The second-order valence-electron chi connectivity index (χ2n) is 5.65. The van der Waals surface area contributed by atoms with Crippen LogP contribution >= 0.6 is 0 Å². The fourth-order valence-corrected chi connectivity index (χ4v) is 1.67. The highest BCUT2D eigenvalue weighted by atomic mass is 19.4. The monoisotopic (exact) mass is 281 g/mol. The molecule has 0 radical (unpaired) electrons. The van der Waals surface area contributed by atoms with Crippen LogP contribution in [0.2, 0.25) is 0 Å². The van der Waals surface area contributed by atoms with E-state index in [2.05, 4.69) is 37.4 Å². The molecule has 0 amide bonds. The molecule has 0 aliphatic rings. The Bertz CT molecular complexity index is 254. The van der Waals surface area contributed by atoms with E-state index in [0.29, 0.717) is 12.3 Å². The fourth-order valence-electron chi connectivity index (χ4n) is 1.67. The molecule has 1 atom stereocenters. The van der Waals surface area contributed by atoms with Gasteiger partial charge in [0.25, 0.3) is 0 Å². The Morgan fingerprint density at radius 3 is 2.42 bits per heavy atom. The van der Waals surface area contributed by atoms with Gasteiger partial charge in [-0.25, -0.2) is 0 Å². The van der Waals surface area contributed by atoms with E-state index >= 15 is 0 Å². The average molecular weight is 281 g/mol. The minimum Gasteiger partial charge on any atom is -0.372 e. The topological polar surface area (TPSA) is 21.3 Å². The van der Waals surface area contributed by atoms with Gasteiger partial charge in [-0.05, 0) is 30.7 Å². The van der Waals surface area contributed by atoms with Crippen molar-refractivity contribution in [2.75, 3.05) is 26.3 Å². The third-order valence-corrected chi connectivity index (χ3v) is 2.88. The highest BCUT2D eigenvalue weighted by Crippen LogP contribution is 2.24. The van der Waals surface area contributed by atoms with Crippen LogP contribution in [0.15, 0.2) is 12.7 Å². The molecule has 0 saturated heterocycles. The van der Waals surface area contributed by atoms with E-state index in [4.69, 9.17) is 0 Å². The lowest BCUT2D eigenvalue weighted by molar-refractivity contribution is -0.174. The predicted molar refractivity (Wildman–Crippen MR) is 72.1 cm³/mol. The first kappa shape index (κ1) is 18.4. The predicted octanol–water partition coefficient (Wildman–Crippen LogP) is 3.78. The van der Waals surface area contributed by atoms with Gasteiger partial charge in [0.1, 0.15) is 6.61 Å². The normalized spacial score (nSPS) is 15.5. The molecule has 0 aromatic rings. The molecule has 0 rings (SSSR count). The quantitative estimate of drug-likeness (QED) is 0.486. The second kappa shape index (κ2) is 8.59. The van der Waals surface area contributed by atoms with Gasteiger partial charge >= 0.3 is 6.18 Å². The Hall–Kier alpha value is -0.550. The number of rotatable bonds is 10. The van der Waals surface area contributed by atoms with Crippen molar-refractivity contribution in [1.82, 2.24) is 5.32 Å². The van der Waals surface area contributed by atoms with E-state index in [1.165, 1.54) is 0 Å². The maximum Gasteiger partial charge on any atom is 0.411 e. The Balaban J connectivity index is 3.82. The average Bonchev–Trinajstić information content (AvgIpc) is 2.26. The Morgan fingerprint density at radius 1 is 1.32 bits per heavy atom. The standard InChI is InChI=1S/C14H26F3NO/c1-5-13(4,10-18-9-12(2)3)7-6-8-19-11-14(15,16)17/h5,12,18H,1,6-11H2,2-4H3. The number of nitrogens with one attached hydrogen (secondary N) is 1. The number of ether oxygens (including phenoxy) is 1. The zero-order valence-electron chi connectivity index (χ0n) is 12.1. The van der Waals surface area contributed by atoms with Crippen LogP contribution in [0.1, 0.15) is 33.6 Å². The van der Waals surface area contributed by atoms with Crippen molar-refractivity contribution in [1.29, 1.82) is 0 Å². The molecule has 0 heterocycles. The van der Waals surface area contributed by atoms with Crippen LogP contribution in [0, 0.1) is 11.3 Å². The molecule has 114 valence electrons. The summed E-state index contributed by atoms with van der Waals surface area (Å²) in [5.41, 5.74) is -0.101. The summed E-state index contributed by atoms with van der Waals surface area (Å²) in [4.78, 5) is 0. The first-order valence-electron chi connectivity index (χ1n) is 6.67. The van der Waals surface area contributed by atoms with Gasteiger partial charge in [-0.15, -0.1) is 6.58 Å². The van der Waals surface area contributed by atoms with Crippen molar-refractivity contribution < 1.29 is 17.9 Å². The van der Waals surface area contributed by atoms with Crippen LogP contribution in [0.3, 0.4) is 0 Å². The summed E-state index contributed by atoms with van der Waals surface area (Å²) in [7, 11) is 0. The van der Waals surface area contributed by atoms with Gasteiger partial charge in [-0.1, -0.05) is 26.8 Å². The van der Waals surface area contributed by atoms with Gasteiger partial charge in [0, 0.05) is 13.2 Å². The Kier molecular flexibility index (Phi) is 8.34. The third kappa shape index (κ3) is 11.0. The zero-order chi connectivity index (χ0) is 14.9. The van der Waals surface area contributed by atoms with E-state index in [-0.39, 0.29) is 12.0 Å².